The van der Waals surface area contributed by atoms with Crippen molar-refractivity contribution in [3.05, 3.63) is 45.8 Å². The smallest absolute Gasteiger partial charge is 0.259 e. The Kier molecular flexibility index (Phi) is 5.84. The van der Waals surface area contributed by atoms with Crippen molar-refractivity contribution in [2.24, 2.45) is 11.8 Å². The number of aryl methyl sites for hydroxylation is 3. The Morgan fingerprint density at radius 2 is 1.87 bits per heavy atom. The molecule has 8 heteroatoms. The number of likely N-dealkylation sites (tertiary alicyclic amines) is 2. The third-order valence-electron chi connectivity index (χ3n) is 6.21. The molecule has 30 heavy (non-hydrogen) atoms. The first-order valence-electron chi connectivity index (χ1n) is 10.3. The van der Waals surface area contributed by atoms with Gasteiger partial charge in [-0.1, -0.05) is 22.8 Å². The molecule has 0 bridgehead atoms. The number of hydrogen-bond acceptors (Lipinski definition) is 5. The molecular weight excluding hydrogens is 404 g/mol. The second-order valence-electron chi connectivity index (χ2n) is 8.45. The van der Waals surface area contributed by atoms with E-state index in [2.05, 4.69) is 15.4 Å². The summed E-state index contributed by atoms with van der Waals surface area (Å²) < 4.78 is 5.15. The number of anilines is 1. The third kappa shape index (κ3) is 4.23. The molecule has 7 nitrogen and oxygen atoms in total. The van der Waals surface area contributed by atoms with E-state index >= 15 is 0 Å². The minimum atomic E-state index is -0.0119. The highest BCUT2D eigenvalue weighted by atomic mass is 35.5. The molecule has 3 heterocycles. The number of fused-ring (bicyclic) bond motifs is 1. The van der Waals surface area contributed by atoms with Crippen LogP contribution in [0.3, 0.4) is 0 Å². The van der Waals surface area contributed by atoms with E-state index in [1.54, 1.807) is 19.9 Å². The van der Waals surface area contributed by atoms with Crippen molar-refractivity contribution in [1.82, 2.24) is 15.0 Å². The van der Waals surface area contributed by atoms with Crippen LogP contribution in [0.5, 0.6) is 0 Å². The number of carbonyl (C=O) groups is 2. The highest BCUT2D eigenvalue weighted by molar-refractivity contribution is 6.31. The lowest BCUT2D eigenvalue weighted by atomic mass is 10.0. The van der Waals surface area contributed by atoms with Gasteiger partial charge >= 0.3 is 0 Å². The molecule has 2 amide bonds. The van der Waals surface area contributed by atoms with Crippen molar-refractivity contribution in [3.8, 4) is 0 Å². The maximum atomic E-state index is 12.8. The summed E-state index contributed by atoms with van der Waals surface area (Å²) in [5, 5.41) is 7.46. The Balaban J connectivity index is 1.25. The van der Waals surface area contributed by atoms with Crippen LogP contribution in [0.25, 0.3) is 0 Å². The van der Waals surface area contributed by atoms with E-state index < -0.39 is 0 Å². The Labute approximate surface area is 181 Å². The monoisotopic (exact) mass is 430 g/mol. The molecule has 160 valence electrons. The second-order valence-corrected chi connectivity index (χ2v) is 8.86. The van der Waals surface area contributed by atoms with Gasteiger partial charge in [-0.25, -0.2) is 0 Å². The van der Waals surface area contributed by atoms with Crippen LogP contribution in [0.4, 0.5) is 5.69 Å². The molecule has 2 saturated heterocycles. The van der Waals surface area contributed by atoms with E-state index in [0.717, 1.165) is 44.0 Å². The first-order chi connectivity index (χ1) is 14.3. The topological polar surface area (TPSA) is 78.7 Å². The number of nitrogens with one attached hydrogen (secondary N) is 1. The van der Waals surface area contributed by atoms with Gasteiger partial charge in [-0.15, -0.1) is 0 Å². The second kappa shape index (κ2) is 8.40. The van der Waals surface area contributed by atoms with Gasteiger partial charge in [-0.05, 0) is 50.3 Å². The van der Waals surface area contributed by atoms with Crippen LogP contribution in [0.1, 0.15) is 33.8 Å². The van der Waals surface area contributed by atoms with E-state index in [4.69, 9.17) is 16.1 Å². The Bertz CT molecular complexity index is 940. The molecule has 0 saturated carbocycles. The fourth-order valence-corrected chi connectivity index (χ4v) is 4.72. The zero-order valence-electron chi connectivity index (χ0n) is 17.6. The lowest BCUT2D eigenvalue weighted by Gasteiger charge is -2.21. The van der Waals surface area contributed by atoms with Crippen molar-refractivity contribution in [2.75, 3.05) is 38.0 Å². The maximum absolute atomic E-state index is 12.8. The summed E-state index contributed by atoms with van der Waals surface area (Å²) in [6.07, 6.45) is 0.437. The van der Waals surface area contributed by atoms with E-state index in [0.29, 0.717) is 40.3 Å². The largest absolute Gasteiger partial charge is 0.361 e. The van der Waals surface area contributed by atoms with Crippen molar-refractivity contribution >= 4 is 29.1 Å². The summed E-state index contributed by atoms with van der Waals surface area (Å²) in [5.41, 5.74) is 2.96. The predicted molar refractivity (Wildman–Crippen MR) is 115 cm³/mol. The van der Waals surface area contributed by atoms with Gasteiger partial charge in [-0.3, -0.25) is 9.59 Å². The molecule has 2 aliphatic heterocycles. The molecule has 1 N–H and O–H groups in total. The minimum absolute atomic E-state index is 0.0119. The minimum Gasteiger partial charge on any atom is -0.361 e. The average molecular weight is 431 g/mol. The lowest BCUT2D eigenvalue weighted by Crippen LogP contribution is -2.34. The zero-order chi connectivity index (χ0) is 21.4. The number of carbonyl (C=O) groups excluding carboxylic acids is 2. The van der Waals surface area contributed by atoms with Crippen LogP contribution in [0.15, 0.2) is 22.7 Å². The number of amides is 2. The fourth-order valence-electron chi connectivity index (χ4n) is 4.54. The summed E-state index contributed by atoms with van der Waals surface area (Å²) in [5.74, 6) is 1.49. The number of hydrogen-bond donors (Lipinski definition) is 1. The number of rotatable bonds is 5. The highest BCUT2D eigenvalue weighted by Gasteiger charge is 2.42. The van der Waals surface area contributed by atoms with Gasteiger partial charge in [0.25, 0.3) is 5.91 Å². The molecule has 1 aromatic carbocycles. The quantitative estimate of drug-likeness (QED) is 0.787. The summed E-state index contributed by atoms with van der Waals surface area (Å²) in [4.78, 5) is 29.4. The van der Waals surface area contributed by atoms with Crippen molar-refractivity contribution in [2.45, 2.75) is 27.2 Å². The first kappa shape index (κ1) is 20.9. The lowest BCUT2D eigenvalue weighted by molar-refractivity contribution is -0.116. The van der Waals surface area contributed by atoms with Crippen LogP contribution in [-0.2, 0) is 4.79 Å². The molecule has 1 aromatic heterocycles. The molecule has 2 fully saturated rings. The number of halogens is 1. The SMILES string of the molecule is Cc1ccc(NC(=O)CCN2CC3CN(C(=O)c4c(C)noc4C)CC3C2)cc1Cl. The van der Waals surface area contributed by atoms with Crippen molar-refractivity contribution < 1.29 is 14.1 Å². The molecule has 2 aromatic rings. The van der Waals surface area contributed by atoms with Crippen LogP contribution >= 0.6 is 11.6 Å². The van der Waals surface area contributed by atoms with Gasteiger partial charge in [-0.2, -0.15) is 0 Å². The van der Waals surface area contributed by atoms with Crippen LogP contribution in [0, 0.1) is 32.6 Å². The summed E-state index contributed by atoms with van der Waals surface area (Å²) >= 11 is 6.12. The zero-order valence-corrected chi connectivity index (χ0v) is 18.3. The highest BCUT2D eigenvalue weighted by Crippen LogP contribution is 2.32. The molecule has 0 radical (unpaired) electrons. The summed E-state index contributed by atoms with van der Waals surface area (Å²) in [6, 6.07) is 5.54. The molecule has 2 aliphatic rings. The number of aromatic nitrogens is 1. The number of benzene rings is 1. The van der Waals surface area contributed by atoms with Gasteiger partial charge in [0.1, 0.15) is 11.3 Å². The van der Waals surface area contributed by atoms with Crippen LogP contribution in [-0.4, -0.2) is 59.5 Å². The van der Waals surface area contributed by atoms with Crippen LogP contribution < -0.4 is 5.32 Å². The molecule has 0 aliphatic carbocycles. The van der Waals surface area contributed by atoms with Crippen molar-refractivity contribution in [1.29, 1.82) is 0 Å². The molecule has 2 unspecified atom stereocenters. The summed E-state index contributed by atoms with van der Waals surface area (Å²) in [6.45, 7) is 9.56. The first-order valence-corrected chi connectivity index (χ1v) is 10.7. The normalized spacial score (nSPS) is 21.1. The van der Waals surface area contributed by atoms with Gasteiger partial charge in [0.15, 0.2) is 0 Å². The molecule has 4 rings (SSSR count). The molecular formula is C22H27ClN4O3. The van der Waals surface area contributed by atoms with Gasteiger partial charge in [0.2, 0.25) is 5.91 Å². The Hall–Kier alpha value is -2.38. The van der Waals surface area contributed by atoms with Gasteiger partial charge in [0.05, 0.1) is 5.69 Å². The van der Waals surface area contributed by atoms with Gasteiger partial charge < -0.3 is 19.6 Å². The molecule has 0 spiro atoms. The number of nitrogens with zero attached hydrogens (tertiary/aromatic N) is 3. The van der Waals surface area contributed by atoms with Crippen LogP contribution in [0.2, 0.25) is 5.02 Å². The Morgan fingerprint density at radius 1 is 1.17 bits per heavy atom. The Morgan fingerprint density at radius 3 is 2.47 bits per heavy atom. The van der Waals surface area contributed by atoms with E-state index in [1.807, 2.05) is 24.0 Å². The summed E-state index contributed by atoms with van der Waals surface area (Å²) in [7, 11) is 0. The van der Waals surface area contributed by atoms with E-state index in [-0.39, 0.29) is 11.8 Å². The standard InChI is InChI=1S/C22H27ClN4O3/c1-13-4-5-18(8-19(13)23)24-20(28)6-7-26-9-16-11-27(12-17(16)10-26)22(29)21-14(2)25-30-15(21)3/h4-5,8,16-17H,6-7,9-12H2,1-3H3,(H,24,28). The van der Waals surface area contributed by atoms with Gasteiger partial charge in [0, 0.05) is 49.9 Å². The molecule has 2 atom stereocenters. The van der Waals surface area contributed by atoms with E-state index in [1.165, 1.54) is 0 Å². The van der Waals surface area contributed by atoms with Crippen molar-refractivity contribution in [3.63, 3.8) is 0 Å². The third-order valence-corrected chi connectivity index (χ3v) is 6.61. The average Bonchev–Trinajstić information content (AvgIpc) is 3.36. The fraction of sp³-hybridized carbons (Fsp3) is 0.500. The van der Waals surface area contributed by atoms with E-state index in [9.17, 15) is 9.59 Å². The predicted octanol–water partition coefficient (Wildman–Crippen LogP) is 3.29. The maximum Gasteiger partial charge on any atom is 0.259 e.